The molecule has 0 aliphatic carbocycles. The van der Waals surface area contributed by atoms with Gasteiger partial charge in [0.25, 0.3) is 0 Å². The fraction of sp³-hybridized carbons (Fsp3) is 0. The Morgan fingerprint density at radius 2 is 1.00 bits per heavy atom. The first kappa shape index (κ1) is 26.5. The molecule has 0 fully saturated rings. The Morgan fingerprint density at radius 3 is 1.00 bits per heavy atom. The third kappa shape index (κ3) is 9.01. The first-order chi connectivity index (χ1) is 0. The molecule has 0 rings (SSSR count). The van der Waals surface area contributed by atoms with Crippen molar-refractivity contribution in [1.82, 2.24) is 0 Å². The van der Waals surface area contributed by atoms with E-state index in [4.69, 9.17) is 0 Å². The molecular formula is BiCeOY+7. The van der Waals surface area contributed by atoms with Crippen molar-refractivity contribution >= 4 is 26.2 Å². The Hall–Kier alpha value is 3.32. The fourth-order valence-corrected chi connectivity index (χ4v) is 0. The molecule has 0 aromatic carbocycles. The summed E-state index contributed by atoms with van der Waals surface area (Å²) in [6.45, 7) is 0. The molecule has 0 aliphatic heterocycles. The van der Waals surface area contributed by atoms with E-state index >= 15 is 0 Å². The SMILES string of the molecule is [Bi+3].[Ce+3].[O-2].[Y+3]. The van der Waals surface area contributed by atoms with Crippen molar-refractivity contribution in [1.29, 1.82) is 0 Å². The van der Waals surface area contributed by atoms with Gasteiger partial charge >= 0.3 is 101 Å². The second-order valence-corrected chi connectivity index (χ2v) is 0. The van der Waals surface area contributed by atoms with E-state index in [1.165, 1.54) is 0 Å². The molecule has 0 N–H and O–H groups in total. The van der Waals surface area contributed by atoms with Crippen LogP contribution in [0.4, 0.5) is 0 Å². The van der Waals surface area contributed by atoms with Crippen molar-refractivity contribution in [3.8, 4) is 0 Å². The zero-order valence-electron chi connectivity index (χ0n) is 1.93. The molecule has 0 heterocycles. The Morgan fingerprint density at radius 1 is 1.00 bits per heavy atom. The monoisotopic (exact) mass is 454 g/mol. The van der Waals surface area contributed by atoms with Crippen LogP contribution in [0.5, 0.6) is 0 Å². The van der Waals surface area contributed by atoms with Gasteiger partial charge in [-0.2, -0.15) is 0 Å². The minimum atomic E-state index is 0. The summed E-state index contributed by atoms with van der Waals surface area (Å²) < 4.78 is 0. The van der Waals surface area contributed by atoms with E-state index in [0.717, 1.165) is 0 Å². The van der Waals surface area contributed by atoms with Crippen LogP contribution in [0.25, 0.3) is 0 Å². The van der Waals surface area contributed by atoms with Crippen LogP contribution < -0.4 is 0 Å². The molecular weight excluding hydrogens is 454 g/mol. The quantitative estimate of drug-likeness (QED) is 0.442. The number of hydrogen-bond acceptors (Lipinski definition) is 0. The summed E-state index contributed by atoms with van der Waals surface area (Å²) in [4.78, 5) is 0. The molecule has 0 aromatic heterocycles. The van der Waals surface area contributed by atoms with Crippen LogP contribution in [0, 0.1) is 41.7 Å². The topological polar surface area (TPSA) is 28.5 Å². The Labute approximate surface area is 103 Å². The van der Waals surface area contributed by atoms with Crippen molar-refractivity contribution in [3.05, 3.63) is 0 Å². The van der Waals surface area contributed by atoms with Crippen molar-refractivity contribution in [2.45, 2.75) is 0 Å². The summed E-state index contributed by atoms with van der Waals surface area (Å²) >= 11 is 0. The average Bonchev–Trinajstić information content (AvgIpc) is 0. The summed E-state index contributed by atoms with van der Waals surface area (Å²) in [5, 5.41) is 0. The van der Waals surface area contributed by atoms with Gasteiger partial charge in [-0.25, -0.2) is 0 Å². The molecule has 0 saturated heterocycles. The van der Waals surface area contributed by atoms with Gasteiger partial charge in [0.05, 0.1) is 0 Å². The van der Waals surface area contributed by atoms with Crippen LogP contribution in [-0.2, 0) is 38.2 Å². The van der Waals surface area contributed by atoms with E-state index in [1.807, 2.05) is 0 Å². The smallest absolute Gasteiger partial charge is 2.00 e. The molecule has 0 saturated carbocycles. The number of hydrogen-bond donors (Lipinski definition) is 0. The van der Waals surface area contributed by atoms with Crippen LogP contribution in [0.1, 0.15) is 0 Å². The van der Waals surface area contributed by atoms with E-state index in [-0.39, 0.29) is 106 Å². The largest absolute Gasteiger partial charge is 3.00 e. The molecule has 0 atom stereocenters. The van der Waals surface area contributed by atoms with Gasteiger partial charge in [-0.3, -0.25) is 0 Å². The second kappa shape index (κ2) is 16.2. The first-order valence-corrected chi connectivity index (χ1v) is 0. The van der Waals surface area contributed by atoms with Crippen molar-refractivity contribution in [2.24, 2.45) is 0 Å². The van der Waals surface area contributed by atoms with Gasteiger partial charge in [-0.05, 0) is 0 Å². The molecule has 0 aliphatic rings. The van der Waals surface area contributed by atoms with Gasteiger partial charge in [0.2, 0.25) is 0 Å². The van der Waals surface area contributed by atoms with E-state index in [1.54, 1.807) is 0 Å². The molecule has 0 bridgehead atoms. The third-order valence-corrected chi connectivity index (χ3v) is 0. The van der Waals surface area contributed by atoms with Gasteiger partial charge in [0.15, 0.2) is 0 Å². The zero-order valence-corrected chi connectivity index (χ0v) is 11.4. The average molecular weight is 454 g/mol. The van der Waals surface area contributed by atoms with Crippen LogP contribution >= 0.6 is 0 Å². The van der Waals surface area contributed by atoms with E-state index in [9.17, 15) is 0 Å². The van der Waals surface area contributed by atoms with Crippen molar-refractivity contribution in [2.75, 3.05) is 0 Å². The summed E-state index contributed by atoms with van der Waals surface area (Å²) in [5.41, 5.74) is 0. The second-order valence-electron chi connectivity index (χ2n) is 0. The van der Waals surface area contributed by atoms with Gasteiger partial charge in [0, 0.05) is 0 Å². The molecule has 0 aromatic rings. The van der Waals surface area contributed by atoms with Crippen LogP contribution in [-0.4, -0.2) is 26.2 Å². The van der Waals surface area contributed by atoms with E-state index in [2.05, 4.69) is 0 Å². The van der Waals surface area contributed by atoms with Crippen LogP contribution in [0.15, 0.2) is 0 Å². The standard InChI is InChI=1S/Bi.Ce.O.Y/q2*+3;-2;+3. The first-order valence-electron chi connectivity index (χ1n) is 0. The van der Waals surface area contributed by atoms with Gasteiger partial charge < -0.3 is 5.48 Å². The van der Waals surface area contributed by atoms with E-state index in [0.29, 0.717) is 0 Å². The van der Waals surface area contributed by atoms with Crippen LogP contribution in [0.3, 0.4) is 0 Å². The Kier molecular flexibility index (Phi) is 108. The predicted molar refractivity (Wildman–Crippen MR) is 6.44 cm³/mol. The molecule has 1 nitrogen and oxygen atoms in total. The summed E-state index contributed by atoms with van der Waals surface area (Å²) in [5.74, 6) is 0. The minimum absolute atomic E-state index is 0. The zero-order chi connectivity index (χ0) is 0. The normalized spacial score (nSPS) is 0. The maximum Gasteiger partial charge on any atom is 3.00 e. The summed E-state index contributed by atoms with van der Waals surface area (Å²) in [6, 6.07) is 0. The summed E-state index contributed by atoms with van der Waals surface area (Å²) in [7, 11) is 0. The predicted octanol–water partition coefficient (Wildman–Crippen LogP) is -0.502. The fourth-order valence-electron chi connectivity index (χ4n) is 0. The molecule has 4 heavy (non-hydrogen) atoms. The van der Waals surface area contributed by atoms with Gasteiger partial charge in [-0.15, -0.1) is 0 Å². The number of rotatable bonds is 0. The van der Waals surface area contributed by atoms with Gasteiger partial charge in [-0.1, -0.05) is 0 Å². The Balaban J connectivity index is 0. The molecule has 0 amide bonds. The summed E-state index contributed by atoms with van der Waals surface area (Å²) in [6.07, 6.45) is 0. The maximum absolute atomic E-state index is 0. The molecule has 0 unspecified atom stereocenters. The Bertz CT molecular complexity index is 8.00. The molecule has 11 valence electrons. The van der Waals surface area contributed by atoms with E-state index < -0.39 is 0 Å². The van der Waals surface area contributed by atoms with Crippen molar-refractivity contribution < 1.29 is 79.9 Å². The molecule has 4 heteroatoms. The minimum Gasteiger partial charge on any atom is -2.00 e. The molecule has 0 spiro atoms. The molecule has 3 radical (unpaired) electrons. The maximum atomic E-state index is 0. The van der Waals surface area contributed by atoms with Crippen molar-refractivity contribution in [3.63, 3.8) is 0 Å². The third-order valence-electron chi connectivity index (χ3n) is 0. The van der Waals surface area contributed by atoms with Crippen LogP contribution in [0.2, 0.25) is 0 Å². The van der Waals surface area contributed by atoms with Gasteiger partial charge in [0.1, 0.15) is 0 Å².